The third-order valence-electron chi connectivity index (χ3n) is 4.74. The molecule has 4 aliphatic carbocycles. The molecule has 0 atom stereocenters. The maximum Gasteiger partial charge on any atom is 0.252 e. The number of rotatable bonds is 3. The van der Waals surface area contributed by atoms with E-state index in [2.05, 4.69) is 16.7 Å². The quantitative estimate of drug-likeness (QED) is 0.810. The molecule has 0 aliphatic heterocycles. The van der Waals surface area contributed by atoms with Crippen LogP contribution < -0.4 is 10.6 Å². The van der Waals surface area contributed by atoms with Crippen molar-refractivity contribution in [3.05, 3.63) is 46.1 Å². The van der Waals surface area contributed by atoms with Crippen molar-refractivity contribution in [3.63, 3.8) is 0 Å². The number of hydrogen-bond donors (Lipinski definition) is 2. The number of carbonyl (C=O) groups excluding carboxylic acids is 2. The lowest BCUT2D eigenvalue weighted by Crippen LogP contribution is -2.62. The van der Waals surface area contributed by atoms with Crippen LogP contribution >= 0.6 is 0 Å². The Morgan fingerprint density at radius 3 is 2.65 bits per heavy atom. The summed E-state index contributed by atoms with van der Waals surface area (Å²) in [6, 6.07) is 0. The van der Waals surface area contributed by atoms with Crippen LogP contribution in [0.5, 0.6) is 0 Å². The zero-order valence-electron chi connectivity index (χ0n) is 11.4. The number of likely N-dealkylation sites (N-methyl/N-ethyl adjacent to an activating group) is 1. The lowest BCUT2D eigenvalue weighted by molar-refractivity contribution is -0.135. The van der Waals surface area contributed by atoms with Gasteiger partial charge in [0.05, 0.1) is 0 Å². The molecule has 0 heterocycles. The van der Waals surface area contributed by atoms with Gasteiger partial charge in [-0.2, -0.15) is 0 Å². The molecule has 2 saturated carbocycles. The van der Waals surface area contributed by atoms with Gasteiger partial charge in [-0.3, -0.25) is 9.59 Å². The minimum Gasteiger partial charge on any atom is -0.357 e. The van der Waals surface area contributed by atoms with Gasteiger partial charge in [0, 0.05) is 12.6 Å². The van der Waals surface area contributed by atoms with Gasteiger partial charge in [-0.05, 0) is 60.1 Å². The summed E-state index contributed by atoms with van der Waals surface area (Å²) in [7, 11) is 1.61. The smallest absolute Gasteiger partial charge is 0.252 e. The predicted octanol–water partition coefficient (Wildman–Crippen LogP) is 1.28. The normalized spacial score (nSPS) is 23.9. The van der Waals surface area contributed by atoms with Gasteiger partial charge in [-0.1, -0.05) is 6.08 Å². The average molecular weight is 268 g/mol. The van der Waals surface area contributed by atoms with Gasteiger partial charge in [0.25, 0.3) is 5.91 Å². The third kappa shape index (κ3) is 1.42. The average Bonchev–Trinajstić information content (AvgIpc) is 2.88. The SMILES string of the molecule is CNC(=O)C1(NC(=O)C2=C3C=C4CC4=C3C=C2)CCC1. The molecule has 0 radical (unpaired) electrons. The largest absolute Gasteiger partial charge is 0.357 e. The summed E-state index contributed by atoms with van der Waals surface area (Å²) in [5.74, 6) is -0.218. The van der Waals surface area contributed by atoms with Crippen molar-refractivity contribution in [2.45, 2.75) is 31.2 Å². The molecule has 2 amide bonds. The Morgan fingerprint density at radius 1 is 1.20 bits per heavy atom. The molecule has 4 aliphatic rings. The molecule has 0 aromatic heterocycles. The maximum absolute atomic E-state index is 12.5. The van der Waals surface area contributed by atoms with Crippen LogP contribution in [-0.2, 0) is 9.59 Å². The Labute approximate surface area is 117 Å². The van der Waals surface area contributed by atoms with E-state index in [-0.39, 0.29) is 11.8 Å². The molecule has 102 valence electrons. The van der Waals surface area contributed by atoms with E-state index in [1.54, 1.807) is 7.05 Å². The summed E-state index contributed by atoms with van der Waals surface area (Å²) in [6.45, 7) is 0. The Bertz CT molecular complexity index is 673. The summed E-state index contributed by atoms with van der Waals surface area (Å²) in [4.78, 5) is 24.5. The van der Waals surface area contributed by atoms with Crippen LogP contribution in [0.4, 0.5) is 0 Å². The fourth-order valence-electron chi connectivity index (χ4n) is 3.30. The first kappa shape index (κ1) is 11.7. The van der Waals surface area contributed by atoms with E-state index >= 15 is 0 Å². The van der Waals surface area contributed by atoms with Crippen LogP contribution in [0.25, 0.3) is 0 Å². The molecular formula is C16H16N2O2. The van der Waals surface area contributed by atoms with Gasteiger partial charge in [0.15, 0.2) is 0 Å². The first-order valence-electron chi connectivity index (χ1n) is 7.06. The van der Waals surface area contributed by atoms with Crippen LogP contribution in [0.15, 0.2) is 46.1 Å². The second-order valence-corrected chi connectivity index (χ2v) is 5.87. The van der Waals surface area contributed by atoms with Gasteiger partial charge in [0.1, 0.15) is 5.54 Å². The van der Waals surface area contributed by atoms with Crippen molar-refractivity contribution in [1.82, 2.24) is 10.6 Å². The van der Waals surface area contributed by atoms with Crippen LogP contribution in [-0.4, -0.2) is 24.4 Å². The molecule has 4 rings (SSSR count). The Hall–Kier alpha value is -2.10. The van der Waals surface area contributed by atoms with E-state index in [1.807, 2.05) is 12.2 Å². The van der Waals surface area contributed by atoms with Crippen molar-refractivity contribution < 1.29 is 9.59 Å². The van der Waals surface area contributed by atoms with Crippen molar-refractivity contribution in [2.75, 3.05) is 7.05 Å². The van der Waals surface area contributed by atoms with Crippen LogP contribution in [0, 0.1) is 0 Å². The fourth-order valence-corrected chi connectivity index (χ4v) is 3.30. The zero-order valence-corrected chi connectivity index (χ0v) is 11.4. The van der Waals surface area contributed by atoms with E-state index in [0.717, 1.165) is 31.3 Å². The number of allylic oxidation sites excluding steroid dienone is 6. The number of fused-ring (bicyclic) bond motifs is 2. The molecule has 4 nitrogen and oxygen atoms in total. The van der Waals surface area contributed by atoms with E-state index in [9.17, 15) is 9.59 Å². The Kier molecular flexibility index (Phi) is 2.18. The van der Waals surface area contributed by atoms with Crippen molar-refractivity contribution >= 4 is 11.8 Å². The van der Waals surface area contributed by atoms with Gasteiger partial charge < -0.3 is 10.6 Å². The first-order valence-corrected chi connectivity index (χ1v) is 7.06. The third-order valence-corrected chi connectivity index (χ3v) is 4.74. The molecule has 0 unspecified atom stereocenters. The summed E-state index contributed by atoms with van der Waals surface area (Å²) < 4.78 is 0. The monoisotopic (exact) mass is 268 g/mol. The fraction of sp³-hybridized carbons (Fsp3) is 0.375. The minimum atomic E-state index is -0.697. The first-order chi connectivity index (χ1) is 9.64. The summed E-state index contributed by atoms with van der Waals surface area (Å²) in [5, 5.41) is 5.61. The van der Waals surface area contributed by atoms with Crippen molar-refractivity contribution in [2.24, 2.45) is 0 Å². The lowest BCUT2D eigenvalue weighted by Gasteiger charge is -2.40. The summed E-state index contributed by atoms with van der Waals surface area (Å²) in [5.41, 5.74) is 4.97. The van der Waals surface area contributed by atoms with Crippen LogP contribution in [0.1, 0.15) is 25.7 Å². The van der Waals surface area contributed by atoms with E-state index in [1.165, 1.54) is 16.7 Å². The molecule has 0 bridgehead atoms. The second kappa shape index (κ2) is 3.72. The maximum atomic E-state index is 12.5. The Balaban J connectivity index is 1.59. The summed E-state index contributed by atoms with van der Waals surface area (Å²) >= 11 is 0. The van der Waals surface area contributed by atoms with Crippen LogP contribution in [0.3, 0.4) is 0 Å². The van der Waals surface area contributed by atoms with Gasteiger partial charge in [0.2, 0.25) is 5.91 Å². The Morgan fingerprint density at radius 2 is 2.00 bits per heavy atom. The standard InChI is InChI=1S/C16H16N2O2/c1-17-15(20)16(5-2-6-16)18-14(19)11-4-3-10-12-7-9(12)8-13(10)11/h3-4,8H,2,5-7H2,1H3,(H,17,20)(H,18,19). The molecular weight excluding hydrogens is 252 g/mol. The van der Waals surface area contributed by atoms with E-state index in [0.29, 0.717) is 5.57 Å². The molecule has 0 aromatic carbocycles. The molecule has 2 N–H and O–H groups in total. The number of amides is 2. The van der Waals surface area contributed by atoms with Gasteiger partial charge in [-0.25, -0.2) is 0 Å². The van der Waals surface area contributed by atoms with Gasteiger partial charge in [-0.15, -0.1) is 0 Å². The van der Waals surface area contributed by atoms with Gasteiger partial charge >= 0.3 is 0 Å². The highest BCUT2D eigenvalue weighted by Gasteiger charge is 2.46. The van der Waals surface area contributed by atoms with Crippen LogP contribution in [0.2, 0.25) is 0 Å². The molecule has 20 heavy (non-hydrogen) atoms. The molecule has 4 heteroatoms. The number of nitrogens with one attached hydrogen (secondary N) is 2. The topological polar surface area (TPSA) is 58.2 Å². The summed E-state index contributed by atoms with van der Waals surface area (Å²) in [6.07, 6.45) is 9.49. The predicted molar refractivity (Wildman–Crippen MR) is 74.7 cm³/mol. The molecule has 2 fully saturated rings. The highest BCUT2D eigenvalue weighted by atomic mass is 16.2. The number of carbonyl (C=O) groups is 2. The molecule has 0 aromatic rings. The highest BCUT2D eigenvalue weighted by Crippen LogP contribution is 2.51. The van der Waals surface area contributed by atoms with Crippen molar-refractivity contribution in [1.29, 1.82) is 0 Å². The van der Waals surface area contributed by atoms with E-state index in [4.69, 9.17) is 0 Å². The van der Waals surface area contributed by atoms with E-state index < -0.39 is 5.54 Å². The number of hydrogen-bond acceptors (Lipinski definition) is 2. The molecule has 0 spiro atoms. The van der Waals surface area contributed by atoms with Crippen molar-refractivity contribution in [3.8, 4) is 0 Å². The minimum absolute atomic E-state index is 0.0871. The lowest BCUT2D eigenvalue weighted by atomic mass is 9.75. The zero-order chi connectivity index (χ0) is 13.9. The highest BCUT2D eigenvalue weighted by molar-refractivity contribution is 6.04. The second-order valence-electron chi connectivity index (χ2n) is 5.87. The molecule has 0 saturated heterocycles.